The molecule has 0 aliphatic heterocycles. The zero-order valence-corrected chi connectivity index (χ0v) is 19.9. The molecule has 1 unspecified atom stereocenters. The van der Waals surface area contributed by atoms with Crippen molar-refractivity contribution in [3.05, 3.63) is 64.1 Å². The molecule has 2 aromatic carbocycles. The van der Waals surface area contributed by atoms with Crippen LogP contribution in [0.1, 0.15) is 50.7 Å². The first-order valence-corrected chi connectivity index (χ1v) is 11.8. The van der Waals surface area contributed by atoms with Crippen molar-refractivity contribution >= 4 is 27.7 Å². The second kappa shape index (κ2) is 11.3. The van der Waals surface area contributed by atoms with E-state index in [4.69, 9.17) is 4.74 Å². The molecule has 0 aromatic heterocycles. The van der Waals surface area contributed by atoms with Crippen LogP contribution in [-0.2, 0) is 22.6 Å². The van der Waals surface area contributed by atoms with Crippen LogP contribution in [0.15, 0.2) is 53.0 Å². The van der Waals surface area contributed by atoms with Gasteiger partial charge in [0.05, 0.1) is 4.47 Å². The zero-order chi connectivity index (χ0) is 22.2. The fraction of sp³-hybridized carbons (Fsp3) is 0.440. The molecule has 6 heteroatoms. The van der Waals surface area contributed by atoms with Crippen LogP contribution in [0, 0.1) is 0 Å². The quantitative estimate of drug-likeness (QED) is 0.550. The van der Waals surface area contributed by atoms with Gasteiger partial charge in [-0.3, -0.25) is 9.59 Å². The topological polar surface area (TPSA) is 58.6 Å². The number of hydrogen-bond donors (Lipinski definition) is 1. The van der Waals surface area contributed by atoms with Gasteiger partial charge in [-0.05, 0) is 65.4 Å². The molecular formula is C25H31BrN2O3. The second-order valence-electron chi connectivity index (χ2n) is 8.08. The minimum Gasteiger partial charge on any atom is -0.483 e. The molecule has 0 saturated heterocycles. The average molecular weight is 487 g/mol. The van der Waals surface area contributed by atoms with Crippen LogP contribution in [0.4, 0.5) is 0 Å². The van der Waals surface area contributed by atoms with Crippen molar-refractivity contribution in [3.8, 4) is 5.75 Å². The lowest BCUT2D eigenvalue weighted by atomic mass is 10.1. The summed E-state index contributed by atoms with van der Waals surface area (Å²) in [5.41, 5.74) is 2.17. The van der Waals surface area contributed by atoms with Crippen LogP contribution in [0.5, 0.6) is 5.75 Å². The van der Waals surface area contributed by atoms with E-state index in [2.05, 4.69) is 28.2 Å². The van der Waals surface area contributed by atoms with Gasteiger partial charge < -0.3 is 15.0 Å². The average Bonchev–Trinajstić information content (AvgIpc) is 3.29. The number of amides is 2. The molecule has 1 fully saturated rings. The fourth-order valence-electron chi connectivity index (χ4n) is 3.86. The molecule has 0 bridgehead atoms. The predicted octanol–water partition coefficient (Wildman–Crippen LogP) is 4.87. The molecule has 1 aliphatic carbocycles. The standard InChI is InChI=1S/C25H31BrN2O3/c1-3-19-13-14-23(22(26)15-19)31-17-24(29)28(16-20-9-5-4-6-10-20)18(2)25(30)27-21-11-7-8-12-21/h4-6,9-10,13-15,18,21H,3,7-8,11-12,16-17H2,1-2H3,(H,27,30). The molecule has 0 heterocycles. The maximum absolute atomic E-state index is 13.1. The number of hydrogen-bond acceptors (Lipinski definition) is 3. The van der Waals surface area contributed by atoms with Crippen molar-refractivity contribution in [2.45, 2.75) is 64.6 Å². The largest absolute Gasteiger partial charge is 0.483 e. The summed E-state index contributed by atoms with van der Waals surface area (Å²) in [6.45, 7) is 4.11. The molecule has 0 radical (unpaired) electrons. The maximum atomic E-state index is 13.1. The van der Waals surface area contributed by atoms with Gasteiger partial charge in [0.1, 0.15) is 11.8 Å². The van der Waals surface area contributed by atoms with Gasteiger partial charge in [-0.2, -0.15) is 0 Å². The van der Waals surface area contributed by atoms with Crippen LogP contribution in [0.25, 0.3) is 0 Å². The zero-order valence-electron chi connectivity index (χ0n) is 18.3. The highest BCUT2D eigenvalue weighted by Crippen LogP contribution is 2.26. The van der Waals surface area contributed by atoms with Crippen molar-refractivity contribution in [1.82, 2.24) is 10.2 Å². The molecule has 5 nitrogen and oxygen atoms in total. The third-order valence-electron chi connectivity index (χ3n) is 5.82. The molecule has 166 valence electrons. The highest BCUT2D eigenvalue weighted by molar-refractivity contribution is 9.10. The summed E-state index contributed by atoms with van der Waals surface area (Å²) in [6, 6.07) is 15.2. The third-order valence-corrected chi connectivity index (χ3v) is 6.44. The first-order valence-electron chi connectivity index (χ1n) is 11.0. The number of aryl methyl sites for hydroxylation is 1. The van der Waals surface area contributed by atoms with Gasteiger partial charge in [0.15, 0.2) is 6.61 Å². The van der Waals surface area contributed by atoms with Crippen LogP contribution >= 0.6 is 15.9 Å². The van der Waals surface area contributed by atoms with Gasteiger partial charge >= 0.3 is 0 Å². The molecule has 0 spiro atoms. The van der Waals surface area contributed by atoms with Gasteiger partial charge in [-0.1, -0.05) is 56.2 Å². The van der Waals surface area contributed by atoms with Gasteiger partial charge in [0, 0.05) is 12.6 Å². The minimum absolute atomic E-state index is 0.107. The first kappa shape index (κ1) is 23.3. The molecular weight excluding hydrogens is 456 g/mol. The van der Waals surface area contributed by atoms with Gasteiger partial charge in [-0.15, -0.1) is 0 Å². The Hall–Kier alpha value is -2.34. The summed E-state index contributed by atoms with van der Waals surface area (Å²) in [5, 5.41) is 3.11. The predicted molar refractivity (Wildman–Crippen MR) is 126 cm³/mol. The lowest BCUT2D eigenvalue weighted by Crippen LogP contribution is -2.50. The van der Waals surface area contributed by atoms with Crippen molar-refractivity contribution in [3.63, 3.8) is 0 Å². The fourth-order valence-corrected chi connectivity index (χ4v) is 4.40. The Morgan fingerprint density at radius 2 is 1.84 bits per heavy atom. The number of carbonyl (C=O) groups excluding carboxylic acids is 2. The van der Waals surface area contributed by atoms with E-state index in [0.29, 0.717) is 12.3 Å². The van der Waals surface area contributed by atoms with E-state index < -0.39 is 6.04 Å². The molecule has 1 atom stereocenters. The Kier molecular flexibility index (Phi) is 8.52. The molecule has 31 heavy (non-hydrogen) atoms. The molecule has 2 aromatic rings. The van der Waals surface area contributed by atoms with Crippen molar-refractivity contribution in [1.29, 1.82) is 0 Å². The Balaban J connectivity index is 1.69. The lowest BCUT2D eigenvalue weighted by Gasteiger charge is -2.29. The normalized spacial score (nSPS) is 14.8. The lowest BCUT2D eigenvalue weighted by molar-refractivity contribution is -0.142. The number of nitrogens with one attached hydrogen (secondary N) is 1. The SMILES string of the molecule is CCc1ccc(OCC(=O)N(Cc2ccccc2)C(C)C(=O)NC2CCCC2)c(Br)c1. The summed E-state index contributed by atoms with van der Waals surface area (Å²) in [6.07, 6.45) is 5.24. The minimum atomic E-state index is -0.581. The molecule has 2 amide bonds. The summed E-state index contributed by atoms with van der Waals surface area (Å²) in [7, 11) is 0. The van der Waals surface area contributed by atoms with Crippen LogP contribution in [0.3, 0.4) is 0 Å². The smallest absolute Gasteiger partial charge is 0.261 e. The molecule has 1 N–H and O–H groups in total. The van der Waals surface area contributed by atoms with Gasteiger partial charge in [0.25, 0.3) is 5.91 Å². The van der Waals surface area contributed by atoms with Crippen LogP contribution in [0.2, 0.25) is 0 Å². The maximum Gasteiger partial charge on any atom is 0.261 e. The van der Waals surface area contributed by atoms with Crippen LogP contribution in [-0.4, -0.2) is 35.4 Å². The number of ether oxygens (including phenoxy) is 1. The van der Waals surface area contributed by atoms with E-state index >= 15 is 0 Å². The molecule has 1 aliphatic rings. The number of nitrogens with zero attached hydrogens (tertiary/aromatic N) is 1. The second-order valence-corrected chi connectivity index (χ2v) is 8.93. The Bertz CT molecular complexity index is 882. The summed E-state index contributed by atoms with van der Waals surface area (Å²) in [5.74, 6) is 0.294. The Morgan fingerprint density at radius 3 is 2.48 bits per heavy atom. The summed E-state index contributed by atoms with van der Waals surface area (Å²) < 4.78 is 6.63. The first-order chi connectivity index (χ1) is 15.0. The number of rotatable bonds is 9. The van der Waals surface area contributed by atoms with Crippen molar-refractivity contribution < 1.29 is 14.3 Å². The van der Waals surface area contributed by atoms with Crippen molar-refractivity contribution in [2.75, 3.05) is 6.61 Å². The number of halogens is 1. The highest BCUT2D eigenvalue weighted by Gasteiger charge is 2.28. The van der Waals surface area contributed by atoms with E-state index in [0.717, 1.165) is 42.1 Å². The van der Waals surface area contributed by atoms with E-state index in [1.165, 1.54) is 5.56 Å². The van der Waals surface area contributed by atoms with Crippen molar-refractivity contribution in [2.24, 2.45) is 0 Å². The van der Waals surface area contributed by atoms with E-state index in [9.17, 15) is 9.59 Å². The van der Waals surface area contributed by atoms with Crippen LogP contribution < -0.4 is 10.1 Å². The Morgan fingerprint density at radius 1 is 1.13 bits per heavy atom. The highest BCUT2D eigenvalue weighted by atomic mass is 79.9. The Labute approximate surface area is 193 Å². The summed E-state index contributed by atoms with van der Waals surface area (Å²) >= 11 is 3.52. The van der Waals surface area contributed by atoms with E-state index in [1.807, 2.05) is 48.5 Å². The number of benzene rings is 2. The van der Waals surface area contributed by atoms with Gasteiger partial charge in [-0.25, -0.2) is 0 Å². The molecule has 1 saturated carbocycles. The van der Waals surface area contributed by atoms with E-state index in [-0.39, 0.29) is 24.5 Å². The number of carbonyl (C=O) groups is 2. The summed E-state index contributed by atoms with van der Waals surface area (Å²) in [4.78, 5) is 27.6. The monoisotopic (exact) mass is 486 g/mol. The third kappa shape index (κ3) is 6.57. The van der Waals surface area contributed by atoms with E-state index in [1.54, 1.807) is 11.8 Å². The molecule has 3 rings (SSSR count). The van der Waals surface area contributed by atoms with Gasteiger partial charge in [0.2, 0.25) is 5.91 Å².